The third kappa shape index (κ3) is 8.42. The second kappa shape index (κ2) is 9.16. The zero-order valence-electron chi connectivity index (χ0n) is 13.6. The van der Waals surface area contributed by atoms with Gasteiger partial charge in [0.1, 0.15) is 0 Å². The van der Waals surface area contributed by atoms with E-state index >= 15 is 0 Å². The molecule has 0 saturated heterocycles. The van der Waals surface area contributed by atoms with E-state index in [0.29, 0.717) is 17.0 Å². The number of benzene rings is 1. The number of sulfonamides is 1. The maximum atomic E-state index is 12.0. The first-order valence-electron chi connectivity index (χ1n) is 7.54. The highest BCUT2D eigenvalue weighted by Crippen LogP contribution is 2.21. The molecule has 6 heteroatoms. The van der Waals surface area contributed by atoms with Gasteiger partial charge < -0.3 is 0 Å². The van der Waals surface area contributed by atoms with Crippen LogP contribution in [0.5, 0.6) is 0 Å². The first-order valence-corrected chi connectivity index (χ1v) is 10.6. The molecule has 0 aromatic heterocycles. The first kappa shape index (κ1) is 19.8. The van der Waals surface area contributed by atoms with Crippen LogP contribution in [0, 0.1) is 5.41 Å². The molecular formula is C16H26ClNO2S2. The molecule has 0 amide bonds. The highest BCUT2D eigenvalue weighted by atomic mass is 35.5. The third-order valence-electron chi connectivity index (χ3n) is 2.92. The smallest absolute Gasteiger partial charge is 0.211 e. The summed E-state index contributed by atoms with van der Waals surface area (Å²) < 4.78 is 26.7. The minimum absolute atomic E-state index is 0.262. The first-order chi connectivity index (χ1) is 10.2. The van der Waals surface area contributed by atoms with Gasteiger partial charge in [0.05, 0.1) is 4.90 Å². The van der Waals surface area contributed by atoms with Gasteiger partial charge in [-0.15, -0.1) is 0 Å². The van der Waals surface area contributed by atoms with Crippen molar-refractivity contribution >= 4 is 33.4 Å². The van der Waals surface area contributed by atoms with Gasteiger partial charge in [0.25, 0.3) is 0 Å². The summed E-state index contributed by atoms with van der Waals surface area (Å²) in [5, 5.41) is 0.534. The number of nitrogens with one attached hydrogen (secondary N) is 1. The van der Waals surface area contributed by atoms with Crippen LogP contribution in [-0.4, -0.2) is 26.5 Å². The summed E-state index contributed by atoms with van der Waals surface area (Å²) >= 11 is 7.73. The van der Waals surface area contributed by atoms with Crippen molar-refractivity contribution in [2.24, 2.45) is 5.41 Å². The zero-order valence-corrected chi connectivity index (χ0v) is 16.0. The quantitative estimate of drug-likeness (QED) is 0.654. The average molecular weight is 364 g/mol. The molecule has 1 aromatic carbocycles. The van der Waals surface area contributed by atoms with Gasteiger partial charge in [-0.3, -0.25) is 0 Å². The number of unbranched alkanes of at least 4 members (excludes halogenated alkanes) is 2. The fourth-order valence-electron chi connectivity index (χ4n) is 1.79. The van der Waals surface area contributed by atoms with E-state index in [1.54, 1.807) is 12.1 Å². The van der Waals surface area contributed by atoms with Crippen molar-refractivity contribution in [3.05, 3.63) is 29.3 Å². The molecule has 0 unspecified atom stereocenters. The normalized spacial score (nSPS) is 12.5. The zero-order chi connectivity index (χ0) is 16.6. The second-order valence-corrected chi connectivity index (χ2v) is 9.83. The number of halogens is 1. The monoisotopic (exact) mass is 363 g/mol. The molecular weight excluding hydrogens is 338 g/mol. The van der Waals surface area contributed by atoms with Crippen molar-refractivity contribution in [3.8, 4) is 0 Å². The van der Waals surface area contributed by atoms with Crippen molar-refractivity contribution in [3.63, 3.8) is 0 Å². The Kier molecular flexibility index (Phi) is 8.25. The lowest BCUT2D eigenvalue weighted by Gasteiger charge is -2.16. The average Bonchev–Trinajstić information content (AvgIpc) is 2.41. The number of hydrogen-bond acceptors (Lipinski definition) is 3. The highest BCUT2D eigenvalue weighted by Gasteiger charge is 2.12. The summed E-state index contributed by atoms with van der Waals surface area (Å²) in [5.41, 5.74) is 0.374. The van der Waals surface area contributed by atoms with Crippen LogP contribution in [-0.2, 0) is 10.0 Å². The van der Waals surface area contributed by atoms with E-state index in [0.717, 1.165) is 30.8 Å². The van der Waals surface area contributed by atoms with E-state index in [1.807, 2.05) is 11.8 Å². The van der Waals surface area contributed by atoms with Crippen LogP contribution >= 0.6 is 23.4 Å². The van der Waals surface area contributed by atoms with Crippen molar-refractivity contribution in [1.82, 2.24) is 4.72 Å². The molecule has 126 valence electrons. The van der Waals surface area contributed by atoms with E-state index < -0.39 is 10.0 Å². The maximum Gasteiger partial charge on any atom is 0.240 e. The third-order valence-corrected chi connectivity index (χ3v) is 6.29. The van der Waals surface area contributed by atoms with Crippen LogP contribution in [0.3, 0.4) is 0 Å². The largest absolute Gasteiger partial charge is 0.240 e. The molecule has 0 atom stereocenters. The molecule has 0 aliphatic rings. The van der Waals surface area contributed by atoms with E-state index in [9.17, 15) is 8.42 Å². The Balaban J connectivity index is 2.17. The van der Waals surface area contributed by atoms with Crippen LogP contribution in [0.2, 0.25) is 5.02 Å². The van der Waals surface area contributed by atoms with Gasteiger partial charge in [0.15, 0.2) is 0 Å². The van der Waals surface area contributed by atoms with Crippen LogP contribution in [0.4, 0.5) is 0 Å². The number of thioether (sulfide) groups is 1. The lowest BCUT2D eigenvalue weighted by Crippen LogP contribution is -2.24. The van der Waals surface area contributed by atoms with Gasteiger partial charge in [-0.05, 0) is 54.0 Å². The van der Waals surface area contributed by atoms with E-state index in [4.69, 9.17) is 11.6 Å². The minimum Gasteiger partial charge on any atom is -0.211 e. The van der Waals surface area contributed by atoms with Crippen molar-refractivity contribution in [2.45, 2.75) is 44.9 Å². The Hall–Kier alpha value is -0.230. The molecule has 0 heterocycles. The van der Waals surface area contributed by atoms with E-state index in [1.165, 1.54) is 12.1 Å². The molecule has 0 radical (unpaired) electrons. The number of rotatable bonds is 9. The summed E-state index contributed by atoms with van der Waals surface area (Å²) in [6.07, 6.45) is 3.03. The molecule has 3 nitrogen and oxygen atoms in total. The summed E-state index contributed by atoms with van der Waals surface area (Å²) in [6.45, 7) is 7.21. The molecule has 22 heavy (non-hydrogen) atoms. The fraction of sp³-hybridized carbons (Fsp3) is 0.625. The Morgan fingerprint density at radius 2 is 1.73 bits per heavy atom. The highest BCUT2D eigenvalue weighted by molar-refractivity contribution is 7.99. The molecule has 0 fully saturated rings. The Morgan fingerprint density at radius 1 is 1.09 bits per heavy atom. The van der Waals surface area contributed by atoms with Gasteiger partial charge in [-0.25, -0.2) is 13.1 Å². The van der Waals surface area contributed by atoms with Crippen LogP contribution < -0.4 is 4.72 Å². The second-order valence-electron chi connectivity index (χ2n) is 6.53. The summed E-state index contributed by atoms with van der Waals surface area (Å²) in [7, 11) is -3.41. The van der Waals surface area contributed by atoms with Crippen molar-refractivity contribution in [2.75, 3.05) is 18.1 Å². The van der Waals surface area contributed by atoms with Gasteiger partial charge in [-0.1, -0.05) is 38.8 Å². The van der Waals surface area contributed by atoms with Gasteiger partial charge >= 0.3 is 0 Å². The Morgan fingerprint density at radius 3 is 2.32 bits per heavy atom. The maximum absolute atomic E-state index is 12.0. The predicted octanol–water partition coefficient (Wildman–Crippen LogP) is 4.57. The van der Waals surface area contributed by atoms with Gasteiger partial charge in [0, 0.05) is 11.6 Å². The standard InChI is InChI=1S/C16H26ClNO2S2/c1-16(2,3)13-21-12-6-4-5-11-18-22(19,20)15-9-7-14(17)8-10-15/h7-10,18H,4-6,11-13H2,1-3H3. The lowest BCUT2D eigenvalue weighted by molar-refractivity contribution is 0.480. The van der Waals surface area contributed by atoms with E-state index in [-0.39, 0.29) is 4.90 Å². The molecule has 0 saturated carbocycles. The molecule has 0 spiro atoms. The van der Waals surface area contributed by atoms with Gasteiger partial charge in [0.2, 0.25) is 10.0 Å². The molecule has 1 rings (SSSR count). The number of hydrogen-bond donors (Lipinski definition) is 1. The SMILES string of the molecule is CC(C)(C)CSCCCCCNS(=O)(=O)c1ccc(Cl)cc1. The van der Waals surface area contributed by atoms with Crippen molar-refractivity contribution in [1.29, 1.82) is 0 Å². The molecule has 0 aliphatic carbocycles. The van der Waals surface area contributed by atoms with Crippen LogP contribution in [0.15, 0.2) is 29.2 Å². The predicted molar refractivity (Wildman–Crippen MR) is 97.3 cm³/mol. The lowest BCUT2D eigenvalue weighted by atomic mass is 10.0. The summed E-state index contributed by atoms with van der Waals surface area (Å²) in [5.74, 6) is 2.30. The molecule has 1 N–H and O–H groups in total. The topological polar surface area (TPSA) is 46.2 Å². The minimum atomic E-state index is -3.41. The van der Waals surface area contributed by atoms with E-state index in [2.05, 4.69) is 25.5 Å². The van der Waals surface area contributed by atoms with Crippen LogP contribution in [0.1, 0.15) is 40.0 Å². The fourth-order valence-corrected chi connectivity index (χ4v) is 4.15. The van der Waals surface area contributed by atoms with Gasteiger partial charge in [-0.2, -0.15) is 11.8 Å². The van der Waals surface area contributed by atoms with Crippen molar-refractivity contribution < 1.29 is 8.42 Å². The summed E-state index contributed by atoms with van der Waals surface area (Å²) in [4.78, 5) is 0.262. The molecule has 1 aromatic rings. The summed E-state index contributed by atoms with van der Waals surface area (Å²) in [6, 6.07) is 6.22. The van der Waals surface area contributed by atoms with Crippen LogP contribution in [0.25, 0.3) is 0 Å². The molecule has 0 aliphatic heterocycles. The Labute approximate surface area is 144 Å². The Bertz CT molecular complexity index is 536. The molecule has 0 bridgehead atoms.